The molecule has 0 radical (unpaired) electrons. The predicted molar refractivity (Wildman–Crippen MR) is 80.4 cm³/mol. The van der Waals surface area contributed by atoms with Crippen molar-refractivity contribution in [1.82, 2.24) is 4.98 Å². The first-order chi connectivity index (χ1) is 9.10. The van der Waals surface area contributed by atoms with E-state index in [4.69, 9.17) is 0 Å². The van der Waals surface area contributed by atoms with Gasteiger partial charge in [-0.1, -0.05) is 45.0 Å². The Morgan fingerprint density at radius 3 is 2.58 bits per heavy atom. The molecular formula is C15H18N2OS. The number of aromatic nitrogens is 1. The Morgan fingerprint density at radius 1 is 1.32 bits per heavy atom. The van der Waals surface area contributed by atoms with Gasteiger partial charge in [0.2, 0.25) is 5.91 Å². The molecule has 0 aliphatic carbocycles. The second-order valence-electron chi connectivity index (χ2n) is 4.73. The summed E-state index contributed by atoms with van der Waals surface area (Å²) in [5.41, 5.74) is 3.30. The summed E-state index contributed by atoms with van der Waals surface area (Å²) >= 11 is 1.46. The molecule has 1 heterocycles. The molecule has 1 aromatic carbocycles. The molecule has 0 bridgehead atoms. The number of nitrogens with one attached hydrogen (secondary N) is 1. The Kier molecular flexibility index (Phi) is 4.32. The van der Waals surface area contributed by atoms with Crippen LogP contribution in [0.4, 0.5) is 5.13 Å². The van der Waals surface area contributed by atoms with Gasteiger partial charge < -0.3 is 5.32 Å². The van der Waals surface area contributed by atoms with Gasteiger partial charge in [-0.15, -0.1) is 11.3 Å². The van der Waals surface area contributed by atoms with Crippen molar-refractivity contribution in [2.75, 3.05) is 5.32 Å². The van der Waals surface area contributed by atoms with E-state index in [-0.39, 0.29) is 11.8 Å². The Morgan fingerprint density at radius 2 is 2.00 bits per heavy atom. The summed E-state index contributed by atoms with van der Waals surface area (Å²) in [6, 6.07) is 8.37. The molecule has 0 fully saturated rings. The number of nitrogens with zero attached hydrogens (tertiary/aromatic N) is 1. The van der Waals surface area contributed by atoms with Crippen LogP contribution in [-0.4, -0.2) is 10.9 Å². The molecule has 0 unspecified atom stereocenters. The zero-order valence-corrected chi connectivity index (χ0v) is 12.3. The Bertz CT molecular complexity index is 558. The largest absolute Gasteiger partial charge is 0.302 e. The third-order valence-corrected chi connectivity index (χ3v) is 3.67. The zero-order chi connectivity index (χ0) is 13.8. The molecule has 1 N–H and O–H groups in total. The lowest BCUT2D eigenvalue weighted by Crippen LogP contribution is -2.17. The summed E-state index contributed by atoms with van der Waals surface area (Å²) in [6.45, 7) is 5.87. The molecule has 0 aliphatic rings. The first kappa shape index (κ1) is 13.7. The highest BCUT2D eigenvalue weighted by Gasteiger charge is 2.10. The number of amides is 1. The Hall–Kier alpha value is -1.68. The smallest absolute Gasteiger partial charge is 0.228 e. The van der Waals surface area contributed by atoms with E-state index in [1.807, 2.05) is 19.2 Å². The first-order valence-electron chi connectivity index (χ1n) is 6.46. The van der Waals surface area contributed by atoms with Crippen molar-refractivity contribution < 1.29 is 4.79 Å². The average molecular weight is 274 g/mol. The highest BCUT2D eigenvalue weighted by Crippen LogP contribution is 2.25. The van der Waals surface area contributed by atoms with Gasteiger partial charge in [-0.2, -0.15) is 0 Å². The van der Waals surface area contributed by atoms with Gasteiger partial charge in [0.1, 0.15) is 0 Å². The molecule has 0 aliphatic heterocycles. The minimum Gasteiger partial charge on any atom is -0.302 e. The van der Waals surface area contributed by atoms with Crippen molar-refractivity contribution in [3.63, 3.8) is 0 Å². The molecule has 1 aromatic heterocycles. The van der Waals surface area contributed by atoms with Crippen molar-refractivity contribution in [3.05, 3.63) is 35.2 Å². The lowest BCUT2D eigenvalue weighted by molar-refractivity contribution is -0.118. The van der Waals surface area contributed by atoms with Crippen LogP contribution in [0, 0.1) is 5.92 Å². The fraction of sp³-hybridized carbons (Fsp3) is 0.333. The predicted octanol–water partition coefficient (Wildman–Crippen LogP) is 3.97. The minimum absolute atomic E-state index is 0.00207. The van der Waals surface area contributed by atoms with E-state index in [0.717, 1.165) is 17.7 Å². The summed E-state index contributed by atoms with van der Waals surface area (Å²) in [5, 5.41) is 5.45. The van der Waals surface area contributed by atoms with Gasteiger partial charge >= 0.3 is 0 Å². The molecule has 0 atom stereocenters. The number of thiazole rings is 1. The number of hydrogen-bond acceptors (Lipinski definition) is 3. The van der Waals surface area contributed by atoms with Crippen LogP contribution in [0.5, 0.6) is 0 Å². The van der Waals surface area contributed by atoms with Crippen molar-refractivity contribution >= 4 is 22.4 Å². The topological polar surface area (TPSA) is 42.0 Å². The molecule has 0 spiro atoms. The van der Waals surface area contributed by atoms with Gasteiger partial charge in [0, 0.05) is 16.9 Å². The molecule has 2 aromatic rings. The van der Waals surface area contributed by atoms with Crippen LogP contribution in [0.3, 0.4) is 0 Å². The maximum absolute atomic E-state index is 11.6. The molecule has 19 heavy (non-hydrogen) atoms. The fourth-order valence-corrected chi connectivity index (χ4v) is 2.35. The quantitative estimate of drug-likeness (QED) is 0.916. The van der Waals surface area contributed by atoms with Crippen molar-refractivity contribution in [2.45, 2.75) is 27.2 Å². The zero-order valence-electron chi connectivity index (χ0n) is 11.4. The molecule has 2 rings (SSSR count). The summed E-state index contributed by atoms with van der Waals surface area (Å²) in [7, 11) is 0. The average Bonchev–Trinajstić information content (AvgIpc) is 2.87. The van der Waals surface area contributed by atoms with E-state index < -0.39 is 0 Å². The van der Waals surface area contributed by atoms with Gasteiger partial charge in [-0.25, -0.2) is 4.98 Å². The van der Waals surface area contributed by atoms with Crippen LogP contribution in [0.25, 0.3) is 11.3 Å². The summed E-state index contributed by atoms with van der Waals surface area (Å²) in [6.07, 6.45) is 1.03. The van der Waals surface area contributed by atoms with E-state index >= 15 is 0 Å². The Balaban J connectivity index is 2.13. The number of aryl methyl sites for hydroxylation is 1. The van der Waals surface area contributed by atoms with Gasteiger partial charge in [0.25, 0.3) is 0 Å². The van der Waals surface area contributed by atoms with Crippen LogP contribution in [-0.2, 0) is 11.2 Å². The van der Waals surface area contributed by atoms with Crippen molar-refractivity contribution in [3.8, 4) is 11.3 Å². The number of benzene rings is 1. The normalized spacial score (nSPS) is 10.7. The molecule has 0 saturated heterocycles. The number of carbonyl (C=O) groups excluding carboxylic acids is 1. The number of hydrogen-bond donors (Lipinski definition) is 1. The maximum atomic E-state index is 11.6. The Labute approximate surface area is 117 Å². The van der Waals surface area contributed by atoms with Crippen molar-refractivity contribution in [1.29, 1.82) is 0 Å². The maximum Gasteiger partial charge on any atom is 0.228 e. The lowest BCUT2D eigenvalue weighted by Gasteiger charge is -2.03. The SMILES string of the molecule is CCc1ccc(-c2csc(NC(=O)C(C)C)n2)cc1. The third kappa shape index (κ3) is 3.41. The molecular weight excluding hydrogens is 256 g/mol. The number of rotatable bonds is 4. The second-order valence-corrected chi connectivity index (χ2v) is 5.59. The van der Waals surface area contributed by atoms with Gasteiger partial charge in [-0.05, 0) is 12.0 Å². The lowest BCUT2D eigenvalue weighted by atomic mass is 10.1. The van der Waals surface area contributed by atoms with Crippen LogP contribution >= 0.6 is 11.3 Å². The summed E-state index contributed by atoms with van der Waals surface area (Å²) in [4.78, 5) is 16.0. The second kappa shape index (κ2) is 5.97. The molecule has 0 saturated carbocycles. The van der Waals surface area contributed by atoms with Crippen LogP contribution in [0.15, 0.2) is 29.6 Å². The van der Waals surface area contributed by atoms with Gasteiger partial charge in [0.05, 0.1) is 5.69 Å². The van der Waals surface area contributed by atoms with Crippen LogP contribution in [0.2, 0.25) is 0 Å². The van der Waals surface area contributed by atoms with Crippen LogP contribution < -0.4 is 5.32 Å². The molecule has 100 valence electrons. The molecule has 4 heteroatoms. The van der Waals surface area contributed by atoms with E-state index in [2.05, 4.69) is 41.5 Å². The van der Waals surface area contributed by atoms with E-state index in [1.165, 1.54) is 16.9 Å². The van der Waals surface area contributed by atoms with Gasteiger partial charge in [-0.3, -0.25) is 4.79 Å². The van der Waals surface area contributed by atoms with E-state index in [0.29, 0.717) is 5.13 Å². The summed E-state index contributed by atoms with van der Waals surface area (Å²) < 4.78 is 0. The highest BCUT2D eigenvalue weighted by molar-refractivity contribution is 7.14. The summed E-state index contributed by atoms with van der Waals surface area (Å²) in [5.74, 6) is -0.0292. The van der Waals surface area contributed by atoms with E-state index in [9.17, 15) is 4.79 Å². The molecule has 3 nitrogen and oxygen atoms in total. The third-order valence-electron chi connectivity index (χ3n) is 2.92. The first-order valence-corrected chi connectivity index (χ1v) is 7.33. The fourth-order valence-electron chi connectivity index (χ4n) is 1.62. The highest BCUT2D eigenvalue weighted by atomic mass is 32.1. The minimum atomic E-state index is -0.0313. The van der Waals surface area contributed by atoms with Gasteiger partial charge in [0.15, 0.2) is 5.13 Å². The number of anilines is 1. The number of carbonyl (C=O) groups is 1. The monoisotopic (exact) mass is 274 g/mol. The van der Waals surface area contributed by atoms with Crippen LogP contribution in [0.1, 0.15) is 26.3 Å². The van der Waals surface area contributed by atoms with Crippen molar-refractivity contribution in [2.24, 2.45) is 5.92 Å². The molecule has 1 amide bonds. The standard InChI is InChI=1S/C15H18N2OS/c1-4-11-5-7-12(8-6-11)13-9-19-15(16-13)17-14(18)10(2)3/h5-10H,4H2,1-3H3,(H,16,17,18). The van der Waals surface area contributed by atoms with E-state index in [1.54, 1.807) is 0 Å².